The van der Waals surface area contributed by atoms with Crippen molar-refractivity contribution in [1.29, 1.82) is 0 Å². The van der Waals surface area contributed by atoms with Crippen molar-refractivity contribution in [2.45, 2.75) is 25.3 Å². The summed E-state index contributed by atoms with van der Waals surface area (Å²) in [6.45, 7) is 0.733. The Hall–Kier alpha value is -0.870. The molecule has 1 saturated carbocycles. The van der Waals surface area contributed by atoms with E-state index in [0.29, 0.717) is 11.2 Å². The van der Waals surface area contributed by atoms with Gasteiger partial charge in [0, 0.05) is 10.4 Å². The van der Waals surface area contributed by atoms with Crippen molar-refractivity contribution >= 4 is 27.5 Å². The molecule has 0 unspecified atom stereocenters. The second-order valence-electron chi connectivity index (χ2n) is 4.32. The van der Waals surface area contributed by atoms with E-state index in [1.807, 2.05) is 16.7 Å². The van der Waals surface area contributed by atoms with Crippen molar-refractivity contribution < 1.29 is 0 Å². The highest BCUT2D eigenvalue weighted by Crippen LogP contribution is 2.39. The summed E-state index contributed by atoms with van der Waals surface area (Å²) in [5.74, 6) is 1.58. The van der Waals surface area contributed by atoms with Crippen LogP contribution in [0.2, 0.25) is 5.28 Å². The SMILES string of the molecule is Clc1nnc(C2CC2)n1Cc1cccc(Br)c1. The van der Waals surface area contributed by atoms with Gasteiger partial charge < -0.3 is 0 Å². The van der Waals surface area contributed by atoms with Crippen molar-refractivity contribution in [3.63, 3.8) is 0 Å². The Kier molecular flexibility index (Phi) is 2.92. The van der Waals surface area contributed by atoms with Crippen LogP contribution in [0.25, 0.3) is 0 Å². The first-order valence-corrected chi connectivity index (χ1v) is 6.74. The van der Waals surface area contributed by atoms with Crippen LogP contribution < -0.4 is 0 Å². The lowest BCUT2D eigenvalue weighted by Gasteiger charge is -2.07. The molecule has 0 amide bonds. The third kappa shape index (κ3) is 2.38. The fourth-order valence-electron chi connectivity index (χ4n) is 1.90. The van der Waals surface area contributed by atoms with Gasteiger partial charge in [-0.1, -0.05) is 28.1 Å². The number of aromatic nitrogens is 3. The van der Waals surface area contributed by atoms with Crippen LogP contribution in [-0.4, -0.2) is 14.8 Å². The average Bonchev–Trinajstić information content (AvgIpc) is 3.07. The van der Waals surface area contributed by atoms with Crippen molar-refractivity contribution in [3.8, 4) is 0 Å². The minimum atomic E-state index is 0.479. The number of hydrogen-bond donors (Lipinski definition) is 0. The first-order valence-electron chi connectivity index (χ1n) is 5.57. The molecule has 1 aliphatic rings. The zero-order valence-corrected chi connectivity index (χ0v) is 11.4. The van der Waals surface area contributed by atoms with E-state index < -0.39 is 0 Å². The quantitative estimate of drug-likeness (QED) is 0.866. The Labute approximate surface area is 113 Å². The van der Waals surface area contributed by atoms with Crippen LogP contribution >= 0.6 is 27.5 Å². The first kappa shape index (κ1) is 11.2. The Balaban J connectivity index is 1.91. The summed E-state index contributed by atoms with van der Waals surface area (Å²) in [4.78, 5) is 0. The molecule has 1 aromatic heterocycles. The van der Waals surface area contributed by atoms with Crippen LogP contribution in [0, 0.1) is 0 Å². The molecule has 3 rings (SSSR count). The zero-order valence-electron chi connectivity index (χ0n) is 9.11. The molecule has 0 bridgehead atoms. The third-order valence-corrected chi connectivity index (χ3v) is 3.68. The van der Waals surface area contributed by atoms with E-state index in [0.717, 1.165) is 16.8 Å². The third-order valence-electron chi connectivity index (χ3n) is 2.91. The van der Waals surface area contributed by atoms with Gasteiger partial charge in [0.1, 0.15) is 5.82 Å². The van der Waals surface area contributed by atoms with Crippen LogP contribution in [0.15, 0.2) is 28.7 Å². The molecule has 0 N–H and O–H groups in total. The summed E-state index contributed by atoms with van der Waals surface area (Å²) >= 11 is 9.56. The molecule has 1 aliphatic carbocycles. The van der Waals surface area contributed by atoms with E-state index in [9.17, 15) is 0 Å². The van der Waals surface area contributed by atoms with Gasteiger partial charge in [0.2, 0.25) is 5.28 Å². The maximum atomic E-state index is 6.08. The summed E-state index contributed by atoms with van der Waals surface area (Å²) < 4.78 is 3.08. The lowest BCUT2D eigenvalue weighted by atomic mass is 10.2. The standard InChI is InChI=1S/C12H11BrClN3/c13-10-3-1-2-8(6-10)7-17-11(9-4-5-9)15-16-12(17)14/h1-3,6,9H,4-5,7H2. The van der Waals surface area contributed by atoms with Crippen LogP contribution in [0.4, 0.5) is 0 Å². The van der Waals surface area contributed by atoms with E-state index in [1.165, 1.54) is 18.4 Å². The Morgan fingerprint density at radius 2 is 2.18 bits per heavy atom. The fraction of sp³-hybridized carbons (Fsp3) is 0.333. The molecule has 0 spiro atoms. The van der Waals surface area contributed by atoms with Gasteiger partial charge >= 0.3 is 0 Å². The lowest BCUT2D eigenvalue weighted by molar-refractivity contribution is 0.727. The minimum Gasteiger partial charge on any atom is -0.297 e. The van der Waals surface area contributed by atoms with E-state index >= 15 is 0 Å². The number of benzene rings is 1. The highest BCUT2D eigenvalue weighted by molar-refractivity contribution is 9.10. The predicted molar refractivity (Wildman–Crippen MR) is 70.3 cm³/mol. The van der Waals surface area contributed by atoms with Crippen molar-refractivity contribution in [2.24, 2.45) is 0 Å². The van der Waals surface area contributed by atoms with Crippen LogP contribution in [-0.2, 0) is 6.54 Å². The molecule has 5 heteroatoms. The summed E-state index contributed by atoms with van der Waals surface area (Å²) in [5.41, 5.74) is 1.20. The molecule has 2 aromatic rings. The van der Waals surface area contributed by atoms with Gasteiger partial charge in [-0.15, -0.1) is 10.2 Å². The fourth-order valence-corrected chi connectivity index (χ4v) is 2.53. The van der Waals surface area contributed by atoms with Gasteiger partial charge in [0.05, 0.1) is 6.54 Å². The summed E-state index contributed by atoms with van der Waals surface area (Å²) in [5, 5.41) is 8.61. The smallest absolute Gasteiger partial charge is 0.225 e. The number of hydrogen-bond acceptors (Lipinski definition) is 2. The monoisotopic (exact) mass is 311 g/mol. The number of rotatable bonds is 3. The summed E-state index contributed by atoms with van der Waals surface area (Å²) in [7, 11) is 0. The van der Waals surface area contributed by atoms with Gasteiger partial charge in [-0.2, -0.15) is 0 Å². The molecular weight excluding hydrogens is 302 g/mol. The lowest BCUT2D eigenvalue weighted by Crippen LogP contribution is -2.04. The molecule has 1 heterocycles. The molecule has 17 heavy (non-hydrogen) atoms. The molecule has 0 saturated heterocycles. The molecular formula is C12H11BrClN3. The molecule has 0 atom stereocenters. The molecule has 88 valence electrons. The van der Waals surface area contributed by atoms with E-state index in [2.05, 4.69) is 38.3 Å². The van der Waals surface area contributed by atoms with Crippen LogP contribution in [0.5, 0.6) is 0 Å². The van der Waals surface area contributed by atoms with Gasteiger partial charge in [0.15, 0.2) is 0 Å². The van der Waals surface area contributed by atoms with Crippen molar-refractivity contribution in [1.82, 2.24) is 14.8 Å². The van der Waals surface area contributed by atoms with Crippen molar-refractivity contribution in [3.05, 3.63) is 45.4 Å². The Morgan fingerprint density at radius 3 is 2.88 bits per heavy atom. The van der Waals surface area contributed by atoms with Gasteiger partial charge in [0.25, 0.3) is 0 Å². The highest BCUT2D eigenvalue weighted by atomic mass is 79.9. The average molecular weight is 313 g/mol. The molecule has 0 radical (unpaired) electrons. The highest BCUT2D eigenvalue weighted by Gasteiger charge is 2.30. The van der Waals surface area contributed by atoms with Crippen LogP contribution in [0.1, 0.15) is 30.1 Å². The Morgan fingerprint density at radius 1 is 1.35 bits per heavy atom. The normalized spacial score (nSPS) is 15.2. The molecule has 0 aliphatic heterocycles. The van der Waals surface area contributed by atoms with Gasteiger partial charge in [-0.3, -0.25) is 4.57 Å². The maximum Gasteiger partial charge on any atom is 0.225 e. The molecule has 1 fully saturated rings. The second-order valence-corrected chi connectivity index (χ2v) is 5.57. The first-order chi connectivity index (χ1) is 8.24. The van der Waals surface area contributed by atoms with E-state index in [1.54, 1.807) is 0 Å². The Bertz CT molecular complexity index is 548. The number of halogens is 2. The van der Waals surface area contributed by atoms with Gasteiger partial charge in [-0.25, -0.2) is 0 Å². The predicted octanol–water partition coefficient (Wildman–Crippen LogP) is 3.62. The molecule has 1 aromatic carbocycles. The topological polar surface area (TPSA) is 30.7 Å². The van der Waals surface area contributed by atoms with E-state index in [4.69, 9.17) is 11.6 Å². The number of nitrogens with zero attached hydrogens (tertiary/aromatic N) is 3. The minimum absolute atomic E-state index is 0.479. The largest absolute Gasteiger partial charge is 0.297 e. The molecule has 3 nitrogen and oxygen atoms in total. The van der Waals surface area contributed by atoms with E-state index in [-0.39, 0.29) is 0 Å². The summed E-state index contributed by atoms with van der Waals surface area (Å²) in [6, 6.07) is 8.21. The van der Waals surface area contributed by atoms with Gasteiger partial charge in [-0.05, 0) is 42.1 Å². The zero-order chi connectivity index (χ0) is 11.8. The van der Waals surface area contributed by atoms with Crippen molar-refractivity contribution in [2.75, 3.05) is 0 Å². The maximum absolute atomic E-state index is 6.08. The van der Waals surface area contributed by atoms with Crippen LogP contribution in [0.3, 0.4) is 0 Å². The summed E-state index contributed by atoms with van der Waals surface area (Å²) in [6.07, 6.45) is 2.40. The second kappa shape index (κ2) is 4.42.